The number of ether oxygens (including phenoxy) is 2. The standard InChI is InChI=1S/C8H8O2.C7H6O/c1-10-8-4-2-3-7(5-8)6-9;1-2-4-7-6(3-1)5-8-7/h2-6H,1H3;1-4H,5H2. The normalized spacial score (nSPS) is 10.9. The van der Waals surface area contributed by atoms with Crippen molar-refractivity contribution < 1.29 is 14.3 Å². The molecule has 0 aliphatic carbocycles. The van der Waals surface area contributed by atoms with E-state index in [1.165, 1.54) is 5.56 Å². The van der Waals surface area contributed by atoms with Crippen LogP contribution in [0.15, 0.2) is 48.5 Å². The van der Waals surface area contributed by atoms with E-state index in [4.69, 9.17) is 9.47 Å². The Kier molecular flexibility index (Phi) is 3.97. The Bertz CT molecular complexity index is 512. The molecule has 0 N–H and O–H groups in total. The molecule has 1 heterocycles. The predicted molar refractivity (Wildman–Crippen MR) is 69.2 cm³/mol. The molecule has 0 unspecified atom stereocenters. The van der Waals surface area contributed by atoms with Crippen LogP contribution in [0.4, 0.5) is 0 Å². The van der Waals surface area contributed by atoms with Crippen molar-refractivity contribution in [2.75, 3.05) is 7.11 Å². The number of benzene rings is 2. The Morgan fingerprint density at radius 2 is 2.00 bits per heavy atom. The highest BCUT2D eigenvalue weighted by molar-refractivity contribution is 5.75. The molecule has 3 rings (SSSR count). The summed E-state index contributed by atoms with van der Waals surface area (Å²) < 4.78 is 9.97. The number of hydrogen-bond donors (Lipinski definition) is 0. The van der Waals surface area contributed by atoms with E-state index in [9.17, 15) is 4.79 Å². The van der Waals surface area contributed by atoms with Crippen molar-refractivity contribution in [3.63, 3.8) is 0 Å². The van der Waals surface area contributed by atoms with Gasteiger partial charge in [-0.3, -0.25) is 4.79 Å². The molecule has 0 radical (unpaired) electrons. The fourth-order valence-electron chi connectivity index (χ4n) is 1.55. The Labute approximate surface area is 106 Å². The molecule has 0 spiro atoms. The molecule has 1 aliphatic heterocycles. The van der Waals surface area contributed by atoms with E-state index in [0.717, 1.165) is 18.6 Å². The maximum atomic E-state index is 10.2. The van der Waals surface area contributed by atoms with Crippen LogP contribution in [0.3, 0.4) is 0 Å². The summed E-state index contributed by atoms with van der Waals surface area (Å²) >= 11 is 0. The molecule has 0 fully saturated rings. The SMILES string of the molecule is COc1cccc(C=O)c1.c1ccc2c(c1)CO2. The van der Waals surface area contributed by atoms with Crippen LogP contribution in [0.25, 0.3) is 0 Å². The monoisotopic (exact) mass is 242 g/mol. The average molecular weight is 242 g/mol. The van der Waals surface area contributed by atoms with Gasteiger partial charge in [0.2, 0.25) is 0 Å². The number of carbonyl (C=O) groups is 1. The van der Waals surface area contributed by atoms with E-state index < -0.39 is 0 Å². The summed E-state index contributed by atoms with van der Waals surface area (Å²) in [6, 6.07) is 15.1. The summed E-state index contributed by atoms with van der Waals surface area (Å²) in [5.41, 5.74) is 1.96. The zero-order chi connectivity index (χ0) is 12.8. The largest absolute Gasteiger partial charge is 0.497 e. The van der Waals surface area contributed by atoms with Crippen LogP contribution >= 0.6 is 0 Å². The molecular weight excluding hydrogens is 228 g/mol. The number of fused-ring (bicyclic) bond motifs is 1. The minimum Gasteiger partial charge on any atom is -0.497 e. The van der Waals surface area contributed by atoms with Crippen molar-refractivity contribution in [1.29, 1.82) is 0 Å². The molecule has 0 amide bonds. The summed E-state index contributed by atoms with van der Waals surface area (Å²) in [4.78, 5) is 10.2. The maximum absolute atomic E-state index is 10.2. The van der Waals surface area contributed by atoms with Crippen molar-refractivity contribution >= 4 is 6.29 Å². The molecule has 0 saturated carbocycles. The van der Waals surface area contributed by atoms with Crippen molar-refractivity contribution in [2.45, 2.75) is 6.61 Å². The van der Waals surface area contributed by atoms with Gasteiger partial charge in [0.15, 0.2) is 0 Å². The highest BCUT2D eigenvalue weighted by Crippen LogP contribution is 2.27. The molecule has 18 heavy (non-hydrogen) atoms. The zero-order valence-electron chi connectivity index (χ0n) is 10.1. The van der Waals surface area contributed by atoms with Gasteiger partial charge in [0.25, 0.3) is 0 Å². The number of rotatable bonds is 2. The van der Waals surface area contributed by atoms with Gasteiger partial charge in [-0.25, -0.2) is 0 Å². The third kappa shape index (κ3) is 2.88. The van der Waals surface area contributed by atoms with Gasteiger partial charge in [-0.2, -0.15) is 0 Å². The van der Waals surface area contributed by atoms with Crippen LogP contribution in [-0.4, -0.2) is 13.4 Å². The lowest BCUT2D eigenvalue weighted by atomic mass is 10.1. The molecular formula is C15H14O3. The third-order valence-electron chi connectivity index (χ3n) is 2.59. The lowest BCUT2D eigenvalue weighted by Gasteiger charge is -2.18. The summed E-state index contributed by atoms with van der Waals surface area (Å²) in [7, 11) is 1.57. The molecule has 0 atom stereocenters. The second-order valence-corrected chi connectivity index (χ2v) is 3.79. The highest BCUT2D eigenvalue weighted by atomic mass is 16.5. The van der Waals surface area contributed by atoms with Crippen molar-refractivity contribution in [1.82, 2.24) is 0 Å². The Hall–Kier alpha value is -2.29. The number of methoxy groups -OCH3 is 1. The van der Waals surface area contributed by atoms with E-state index in [0.29, 0.717) is 11.3 Å². The van der Waals surface area contributed by atoms with Gasteiger partial charge in [0, 0.05) is 11.1 Å². The summed E-state index contributed by atoms with van der Waals surface area (Å²) in [6.07, 6.45) is 0.794. The topological polar surface area (TPSA) is 35.5 Å². The molecule has 3 nitrogen and oxygen atoms in total. The van der Waals surface area contributed by atoms with Crippen LogP contribution in [0.2, 0.25) is 0 Å². The molecule has 2 aromatic rings. The Morgan fingerprint density at radius 3 is 2.50 bits per heavy atom. The zero-order valence-corrected chi connectivity index (χ0v) is 10.1. The number of para-hydroxylation sites is 1. The van der Waals surface area contributed by atoms with E-state index in [1.807, 2.05) is 18.2 Å². The first-order valence-corrected chi connectivity index (χ1v) is 5.63. The first-order valence-electron chi connectivity index (χ1n) is 5.63. The van der Waals surface area contributed by atoms with Crippen LogP contribution in [0.1, 0.15) is 15.9 Å². The van der Waals surface area contributed by atoms with Crippen LogP contribution in [0.5, 0.6) is 11.5 Å². The fraction of sp³-hybridized carbons (Fsp3) is 0.133. The van der Waals surface area contributed by atoms with E-state index in [2.05, 4.69) is 6.07 Å². The molecule has 2 aromatic carbocycles. The quantitative estimate of drug-likeness (QED) is 0.759. The first kappa shape index (κ1) is 12.2. The van der Waals surface area contributed by atoms with Gasteiger partial charge < -0.3 is 9.47 Å². The van der Waals surface area contributed by atoms with E-state index in [1.54, 1.807) is 31.4 Å². The average Bonchev–Trinajstić information content (AvgIpc) is 2.41. The molecule has 0 bridgehead atoms. The second kappa shape index (κ2) is 5.87. The number of aldehydes is 1. The lowest BCUT2D eigenvalue weighted by molar-refractivity contribution is 0.112. The van der Waals surface area contributed by atoms with Crippen LogP contribution in [-0.2, 0) is 6.61 Å². The smallest absolute Gasteiger partial charge is 0.150 e. The van der Waals surface area contributed by atoms with Gasteiger partial charge >= 0.3 is 0 Å². The molecule has 1 aliphatic rings. The molecule has 92 valence electrons. The van der Waals surface area contributed by atoms with Crippen molar-refractivity contribution in [3.8, 4) is 11.5 Å². The van der Waals surface area contributed by atoms with Gasteiger partial charge in [-0.15, -0.1) is 0 Å². The minimum absolute atomic E-state index is 0.638. The summed E-state index contributed by atoms with van der Waals surface area (Å²) in [5.74, 6) is 1.76. The minimum atomic E-state index is 0.638. The predicted octanol–water partition coefficient (Wildman–Crippen LogP) is 3.09. The van der Waals surface area contributed by atoms with Crippen molar-refractivity contribution in [3.05, 3.63) is 59.7 Å². The van der Waals surface area contributed by atoms with E-state index in [-0.39, 0.29) is 0 Å². The number of carbonyl (C=O) groups excluding carboxylic acids is 1. The lowest BCUT2D eigenvalue weighted by Crippen LogP contribution is -2.07. The second-order valence-electron chi connectivity index (χ2n) is 3.79. The third-order valence-corrected chi connectivity index (χ3v) is 2.59. The van der Waals surface area contributed by atoms with Crippen molar-refractivity contribution in [2.24, 2.45) is 0 Å². The molecule has 0 aromatic heterocycles. The van der Waals surface area contributed by atoms with Gasteiger partial charge in [0.1, 0.15) is 24.4 Å². The first-order chi connectivity index (χ1) is 8.83. The Balaban J connectivity index is 0.000000136. The van der Waals surface area contributed by atoms with E-state index >= 15 is 0 Å². The fourth-order valence-corrected chi connectivity index (χ4v) is 1.55. The molecule has 0 saturated heterocycles. The maximum Gasteiger partial charge on any atom is 0.150 e. The Morgan fingerprint density at radius 1 is 1.17 bits per heavy atom. The summed E-state index contributed by atoms with van der Waals surface area (Å²) in [6.45, 7) is 0.802. The highest BCUT2D eigenvalue weighted by Gasteiger charge is 2.10. The van der Waals surface area contributed by atoms with Crippen LogP contribution < -0.4 is 9.47 Å². The molecule has 3 heteroatoms. The van der Waals surface area contributed by atoms with Gasteiger partial charge in [-0.05, 0) is 18.2 Å². The van der Waals surface area contributed by atoms with Gasteiger partial charge in [0.05, 0.1) is 7.11 Å². The number of hydrogen-bond acceptors (Lipinski definition) is 3. The van der Waals surface area contributed by atoms with Crippen LogP contribution in [0, 0.1) is 0 Å². The van der Waals surface area contributed by atoms with Gasteiger partial charge in [-0.1, -0.05) is 30.3 Å². The summed E-state index contributed by atoms with van der Waals surface area (Å²) in [5, 5.41) is 0.